The molecule has 31 heavy (non-hydrogen) atoms. The van der Waals surface area contributed by atoms with E-state index in [1.165, 1.54) is 11.1 Å². The van der Waals surface area contributed by atoms with Crippen molar-refractivity contribution in [3.8, 4) is 11.1 Å². The summed E-state index contributed by atoms with van der Waals surface area (Å²) >= 11 is 1.64. The Labute approximate surface area is 186 Å². The molecule has 5 rings (SSSR count). The summed E-state index contributed by atoms with van der Waals surface area (Å²) in [6.45, 7) is 0.549. The van der Waals surface area contributed by atoms with Crippen LogP contribution in [0, 0.1) is 0 Å². The lowest BCUT2D eigenvalue weighted by Crippen LogP contribution is -2.25. The Balaban J connectivity index is 1.51. The van der Waals surface area contributed by atoms with Gasteiger partial charge in [-0.25, -0.2) is 0 Å². The lowest BCUT2D eigenvalue weighted by Gasteiger charge is -2.21. The molecule has 1 aliphatic rings. The van der Waals surface area contributed by atoms with Crippen molar-refractivity contribution < 1.29 is 4.79 Å². The smallest absolute Gasteiger partial charge is 0.258 e. The Hall–Kier alpha value is -3.69. The van der Waals surface area contributed by atoms with Crippen LogP contribution in [0.2, 0.25) is 0 Å². The van der Waals surface area contributed by atoms with Crippen LogP contribution < -0.4 is 0 Å². The first-order chi connectivity index (χ1) is 15.3. The van der Waals surface area contributed by atoms with Gasteiger partial charge in [0, 0.05) is 10.5 Å². The molecule has 2 heterocycles. The van der Waals surface area contributed by atoms with E-state index >= 15 is 0 Å². The quantitative estimate of drug-likeness (QED) is 0.323. The largest absolute Gasteiger partial charge is 0.303 e. The molecule has 150 valence electrons. The molecule has 0 radical (unpaired) electrons. The molecule has 0 spiro atoms. The minimum absolute atomic E-state index is 0.0411. The first-order valence-corrected chi connectivity index (χ1v) is 11.1. The van der Waals surface area contributed by atoms with Crippen LogP contribution in [-0.4, -0.2) is 10.8 Å². The van der Waals surface area contributed by atoms with Gasteiger partial charge >= 0.3 is 0 Å². The maximum atomic E-state index is 13.3. The average Bonchev–Trinajstić information content (AvgIpc) is 3.45. The predicted octanol–water partition coefficient (Wildman–Crippen LogP) is 6.88. The van der Waals surface area contributed by atoms with E-state index in [0.29, 0.717) is 6.54 Å². The summed E-state index contributed by atoms with van der Waals surface area (Å²) in [5.74, 6) is 0.0411. The third-order valence-corrected chi connectivity index (χ3v) is 6.21. The molecule has 1 aromatic heterocycles. The van der Waals surface area contributed by atoms with Gasteiger partial charge in [-0.1, -0.05) is 91.0 Å². The van der Waals surface area contributed by atoms with Gasteiger partial charge in [0.05, 0.1) is 12.2 Å². The van der Waals surface area contributed by atoms with Crippen molar-refractivity contribution in [1.82, 2.24) is 4.90 Å². The minimum Gasteiger partial charge on any atom is -0.303 e. The fourth-order valence-electron chi connectivity index (χ4n) is 3.81. The summed E-state index contributed by atoms with van der Waals surface area (Å²) in [5, 5.41) is 2.03. The lowest BCUT2D eigenvalue weighted by molar-refractivity contribution is -0.123. The van der Waals surface area contributed by atoms with Gasteiger partial charge < -0.3 is 4.90 Å². The summed E-state index contributed by atoms with van der Waals surface area (Å²) in [6.07, 6.45) is 4.00. The van der Waals surface area contributed by atoms with E-state index in [0.717, 1.165) is 27.3 Å². The van der Waals surface area contributed by atoms with E-state index in [1.807, 2.05) is 71.0 Å². The monoisotopic (exact) mass is 419 g/mol. The molecule has 0 saturated carbocycles. The zero-order chi connectivity index (χ0) is 21.0. The molecule has 2 nitrogen and oxygen atoms in total. The van der Waals surface area contributed by atoms with Crippen molar-refractivity contribution in [2.24, 2.45) is 0 Å². The first-order valence-electron chi connectivity index (χ1n) is 10.3. The summed E-state index contributed by atoms with van der Waals surface area (Å²) in [7, 11) is 0. The Kier molecular flexibility index (Phi) is 5.34. The number of nitrogens with zero attached hydrogens (tertiary/aromatic N) is 1. The highest BCUT2D eigenvalue weighted by Crippen LogP contribution is 2.33. The van der Waals surface area contributed by atoms with Crippen LogP contribution in [0.25, 0.3) is 22.9 Å². The summed E-state index contributed by atoms with van der Waals surface area (Å²) in [5.41, 5.74) is 6.17. The topological polar surface area (TPSA) is 20.3 Å². The molecular weight excluding hydrogens is 398 g/mol. The maximum absolute atomic E-state index is 13.3. The second-order valence-electron chi connectivity index (χ2n) is 7.46. The van der Waals surface area contributed by atoms with Crippen LogP contribution in [-0.2, 0) is 11.3 Å². The van der Waals surface area contributed by atoms with E-state index < -0.39 is 0 Å². The fraction of sp³-hybridized carbons (Fsp3) is 0.0357. The highest BCUT2D eigenvalue weighted by atomic mass is 32.1. The van der Waals surface area contributed by atoms with Gasteiger partial charge in [0.2, 0.25) is 0 Å². The van der Waals surface area contributed by atoms with E-state index in [2.05, 4.69) is 48.5 Å². The van der Waals surface area contributed by atoms with Crippen LogP contribution >= 0.6 is 11.3 Å². The Bertz CT molecular complexity index is 1240. The van der Waals surface area contributed by atoms with Gasteiger partial charge in [-0.2, -0.15) is 0 Å². The number of hydrogen-bond donors (Lipinski definition) is 0. The van der Waals surface area contributed by atoms with Crippen LogP contribution in [0.15, 0.2) is 114 Å². The van der Waals surface area contributed by atoms with Gasteiger partial charge in [-0.15, -0.1) is 11.3 Å². The molecule has 4 aromatic rings. The lowest BCUT2D eigenvalue weighted by atomic mass is 10.0. The molecule has 1 amide bonds. The Morgan fingerprint density at radius 1 is 0.710 bits per heavy atom. The highest BCUT2D eigenvalue weighted by molar-refractivity contribution is 7.10. The standard InChI is InChI=1S/C28H21NOS/c30-28-25(18-26-12-7-17-31-26)19-27(29(28)20-21-8-3-1-4-9-21)24-15-13-23(14-16-24)22-10-5-2-6-11-22/h1-19H,20H2/b25-18+. The average molecular weight is 420 g/mol. The van der Waals surface area contributed by atoms with E-state index in [1.54, 1.807) is 11.3 Å². The highest BCUT2D eigenvalue weighted by Gasteiger charge is 2.29. The molecule has 0 saturated heterocycles. The first kappa shape index (κ1) is 19.3. The van der Waals surface area contributed by atoms with Crippen molar-refractivity contribution in [2.45, 2.75) is 6.54 Å². The van der Waals surface area contributed by atoms with Crippen molar-refractivity contribution in [3.05, 3.63) is 130 Å². The Morgan fingerprint density at radius 2 is 1.35 bits per heavy atom. The molecule has 0 bridgehead atoms. The van der Waals surface area contributed by atoms with E-state index in [9.17, 15) is 4.79 Å². The van der Waals surface area contributed by atoms with Gasteiger partial charge in [-0.3, -0.25) is 4.79 Å². The van der Waals surface area contributed by atoms with Crippen molar-refractivity contribution in [2.75, 3.05) is 0 Å². The molecule has 0 N–H and O–H groups in total. The second kappa shape index (κ2) is 8.58. The van der Waals surface area contributed by atoms with Crippen LogP contribution in [0.4, 0.5) is 0 Å². The number of hydrogen-bond acceptors (Lipinski definition) is 2. The van der Waals surface area contributed by atoms with Gasteiger partial charge in [0.1, 0.15) is 0 Å². The van der Waals surface area contributed by atoms with Crippen LogP contribution in [0.3, 0.4) is 0 Å². The maximum Gasteiger partial charge on any atom is 0.258 e. The molecule has 0 aliphatic carbocycles. The molecule has 1 aliphatic heterocycles. The Morgan fingerprint density at radius 3 is 2.03 bits per heavy atom. The normalized spacial score (nSPS) is 14.8. The van der Waals surface area contributed by atoms with Crippen molar-refractivity contribution in [1.29, 1.82) is 0 Å². The van der Waals surface area contributed by atoms with Crippen molar-refractivity contribution in [3.63, 3.8) is 0 Å². The number of amides is 1. The zero-order valence-electron chi connectivity index (χ0n) is 16.9. The minimum atomic E-state index is 0.0411. The summed E-state index contributed by atoms with van der Waals surface area (Å²) in [4.78, 5) is 16.3. The SMILES string of the molecule is O=C1/C(=C/c2cccs2)C=C(c2ccc(-c3ccccc3)cc2)N1Cc1ccccc1. The van der Waals surface area contributed by atoms with Gasteiger partial charge in [0.15, 0.2) is 0 Å². The fourth-order valence-corrected chi connectivity index (χ4v) is 4.47. The van der Waals surface area contributed by atoms with Crippen LogP contribution in [0.5, 0.6) is 0 Å². The second-order valence-corrected chi connectivity index (χ2v) is 8.44. The molecular formula is C28H21NOS. The number of rotatable bonds is 5. The molecule has 0 unspecified atom stereocenters. The van der Waals surface area contributed by atoms with Crippen LogP contribution in [0.1, 0.15) is 16.0 Å². The zero-order valence-corrected chi connectivity index (χ0v) is 17.8. The third kappa shape index (κ3) is 4.14. The third-order valence-electron chi connectivity index (χ3n) is 5.39. The van der Waals surface area contributed by atoms with E-state index in [-0.39, 0.29) is 5.91 Å². The number of thiophene rings is 1. The summed E-state index contributed by atoms with van der Waals surface area (Å²) < 4.78 is 0. The molecule has 3 aromatic carbocycles. The van der Waals surface area contributed by atoms with E-state index in [4.69, 9.17) is 0 Å². The van der Waals surface area contributed by atoms with Gasteiger partial charge in [0.25, 0.3) is 5.91 Å². The summed E-state index contributed by atoms with van der Waals surface area (Å²) in [6, 6.07) is 33.0. The molecule has 3 heteroatoms. The number of carbonyl (C=O) groups excluding carboxylic acids is 1. The molecule has 0 fully saturated rings. The number of benzene rings is 3. The van der Waals surface area contributed by atoms with Gasteiger partial charge in [-0.05, 0) is 45.9 Å². The molecule has 0 atom stereocenters. The van der Waals surface area contributed by atoms with Crippen molar-refractivity contribution >= 4 is 29.0 Å². The number of carbonyl (C=O) groups is 1. The predicted molar refractivity (Wildman–Crippen MR) is 129 cm³/mol.